The molecule has 0 bridgehead atoms. The van der Waals surface area contributed by atoms with Crippen LogP contribution < -0.4 is 23.7 Å². The normalized spacial score (nSPS) is 32.4. The molecule has 2 aromatic carbocycles. The van der Waals surface area contributed by atoms with Crippen LogP contribution in [0.15, 0.2) is 24.3 Å². The van der Waals surface area contributed by atoms with Crippen LogP contribution in [-0.4, -0.2) is 62.3 Å². The Balaban J connectivity index is 1.27. The molecule has 4 heterocycles. The molecule has 0 aromatic heterocycles. The van der Waals surface area contributed by atoms with E-state index < -0.39 is 29.6 Å². The maximum absolute atomic E-state index is 13.4. The molecule has 2 aliphatic carbocycles. The third-order valence-corrected chi connectivity index (χ3v) is 9.98. The van der Waals surface area contributed by atoms with Crippen LogP contribution in [0.5, 0.6) is 28.7 Å². The monoisotopic (exact) mass is 577 g/mol. The van der Waals surface area contributed by atoms with Crippen LogP contribution >= 0.6 is 0 Å². The van der Waals surface area contributed by atoms with Crippen molar-refractivity contribution in [1.82, 2.24) is 4.90 Å². The molecule has 0 N–H and O–H groups in total. The first-order valence-corrected chi connectivity index (χ1v) is 15.1. The average molecular weight is 578 g/mol. The molecule has 4 aliphatic heterocycles. The molecule has 8 rings (SSSR count). The molecule has 0 amide bonds. The molecule has 2 aromatic rings. The number of hydrogen-bond donors (Lipinski definition) is 0. The number of hydrogen-bond acceptors (Lipinski definition) is 10. The van der Waals surface area contributed by atoms with Gasteiger partial charge >= 0.3 is 11.9 Å². The quantitative estimate of drug-likeness (QED) is 0.484. The number of carbonyl (C=O) groups is 2. The molecule has 2 saturated heterocycles. The predicted octanol–water partition coefficient (Wildman–Crippen LogP) is 4.47. The van der Waals surface area contributed by atoms with E-state index >= 15 is 0 Å². The van der Waals surface area contributed by atoms with Crippen molar-refractivity contribution in [3.8, 4) is 28.7 Å². The summed E-state index contributed by atoms with van der Waals surface area (Å²) in [6.07, 6.45) is 5.59. The Kier molecular flexibility index (Phi) is 6.00. The molecule has 1 saturated carbocycles. The van der Waals surface area contributed by atoms with E-state index in [9.17, 15) is 9.59 Å². The number of fused-ring (bicyclic) bond motifs is 5. The van der Waals surface area contributed by atoms with Crippen LogP contribution in [0.1, 0.15) is 74.2 Å². The molecule has 6 atom stereocenters. The van der Waals surface area contributed by atoms with E-state index in [0.717, 1.165) is 68.3 Å². The predicted molar refractivity (Wildman–Crippen MR) is 147 cm³/mol. The van der Waals surface area contributed by atoms with E-state index in [2.05, 4.69) is 4.90 Å². The van der Waals surface area contributed by atoms with Crippen molar-refractivity contribution in [2.75, 3.05) is 33.6 Å². The first-order valence-electron chi connectivity index (χ1n) is 15.1. The van der Waals surface area contributed by atoms with Crippen LogP contribution in [0.3, 0.4) is 0 Å². The van der Waals surface area contributed by atoms with Crippen molar-refractivity contribution < 1.29 is 42.7 Å². The topological polar surface area (TPSA) is 102 Å². The first kappa shape index (κ1) is 26.0. The highest BCUT2D eigenvalue weighted by molar-refractivity contribution is 5.79. The van der Waals surface area contributed by atoms with Crippen LogP contribution in [0.2, 0.25) is 0 Å². The summed E-state index contributed by atoms with van der Waals surface area (Å²) < 4.78 is 42.6. The number of ether oxygens (including phenoxy) is 7. The van der Waals surface area contributed by atoms with Crippen LogP contribution in [0, 0.1) is 11.8 Å². The highest BCUT2D eigenvalue weighted by Crippen LogP contribution is 2.58. The zero-order valence-corrected chi connectivity index (χ0v) is 23.9. The van der Waals surface area contributed by atoms with Gasteiger partial charge in [-0.15, -0.1) is 0 Å². The van der Waals surface area contributed by atoms with E-state index in [1.54, 1.807) is 7.11 Å². The van der Waals surface area contributed by atoms with Gasteiger partial charge in [-0.25, -0.2) is 0 Å². The minimum Gasteiger partial charge on any atom is -0.493 e. The fourth-order valence-electron chi connectivity index (χ4n) is 8.17. The Labute approximate surface area is 244 Å². The maximum Gasteiger partial charge on any atom is 0.310 e. The molecular weight excluding hydrogens is 542 g/mol. The van der Waals surface area contributed by atoms with Crippen molar-refractivity contribution in [1.29, 1.82) is 0 Å². The SMILES string of the molecule is COc1cc([C@@H]2c3cc4c(cc3[C@H](OC(C)=O)[C@@H]3COC(=O)[C@@H]23)OCO4)cc2c1OC1(N3CCCC3)CCCCC1O2. The van der Waals surface area contributed by atoms with Gasteiger partial charge in [0.25, 0.3) is 0 Å². The number of likely N-dealkylation sites (tertiary alicyclic amines) is 1. The number of benzene rings is 2. The van der Waals surface area contributed by atoms with E-state index in [4.69, 9.17) is 33.2 Å². The highest BCUT2D eigenvalue weighted by atomic mass is 16.7. The molecule has 2 unspecified atom stereocenters. The second-order valence-corrected chi connectivity index (χ2v) is 12.2. The van der Waals surface area contributed by atoms with Gasteiger partial charge in [-0.3, -0.25) is 14.5 Å². The second kappa shape index (κ2) is 9.69. The van der Waals surface area contributed by atoms with Gasteiger partial charge in [-0.2, -0.15) is 0 Å². The van der Waals surface area contributed by atoms with Crippen molar-refractivity contribution in [3.05, 3.63) is 41.0 Å². The molecule has 10 nitrogen and oxygen atoms in total. The summed E-state index contributed by atoms with van der Waals surface area (Å²) in [7, 11) is 1.63. The summed E-state index contributed by atoms with van der Waals surface area (Å²) in [5.74, 6) is 0.881. The Morgan fingerprint density at radius 3 is 2.52 bits per heavy atom. The number of carbonyl (C=O) groups excluding carboxylic acids is 2. The fourth-order valence-corrected chi connectivity index (χ4v) is 8.17. The van der Waals surface area contributed by atoms with Gasteiger partial charge in [-0.05, 0) is 67.5 Å². The summed E-state index contributed by atoms with van der Waals surface area (Å²) in [4.78, 5) is 28.0. The zero-order valence-electron chi connectivity index (χ0n) is 23.9. The summed E-state index contributed by atoms with van der Waals surface area (Å²) >= 11 is 0. The van der Waals surface area contributed by atoms with Crippen molar-refractivity contribution >= 4 is 11.9 Å². The van der Waals surface area contributed by atoms with Crippen LogP contribution in [-0.2, 0) is 19.1 Å². The standard InChI is InChI=1S/C32H35NO9/c1-17(34)40-29-20-14-23-22(38-16-39-23)13-19(20)27(28-21(29)15-37-31(28)35)18-11-24(36-2)30-25(12-18)41-26-7-3-4-8-32(26,42-30)33-9-5-6-10-33/h11-14,21,26-29H,3-10,15-16H2,1-2H3/t21-,26?,27-,28-,29+,32?/m1/s1. The largest absolute Gasteiger partial charge is 0.493 e. The Morgan fingerprint density at radius 2 is 1.76 bits per heavy atom. The smallest absolute Gasteiger partial charge is 0.310 e. The van der Waals surface area contributed by atoms with Crippen molar-refractivity contribution in [2.24, 2.45) is 11.8 Å². The number of nitrogens with zero attached hydrogens (tertiary/aromatic N) is 1. The lowest BCUT2D eigenvalue weighted by molar-refractivity contribution is -0.180. The lowest BCUT2D eigenvalue weighted by Crippen LogP contribution is -2.64. The minimum absolute atomic E-state index is 0.0955. The van der Waals surface area contributed by atoms with Crippen molar-refractivity contribution in [3.63, 3.8) is 0 Å². The number of cyclic esters (lactones) is 1. The van der Waals surface area contributed by atoms with Gasteiger partial charge in [-0.1, -0.05) is 0 Å². The summed E-state index contributed by atoms with van der Waals surface area (Å²) in [5, 5.41) is 0. The van der Waals surface area contributed by atoms with Crippen molar-refractivity contribution in [2.45, 2.75) is 69.3 Å². The molecule has 222 valence electrons. The molecule has 0 spiro atoms. The molecule has 10 heteroatoms. The summed E-state index contributed by atoms with van der Waals surface area (Å²) in [6, 6.07) is 7.73. The molecule has 6 aliphatic rings. The van der Waals surface area contributed by atoms with E-state index in [0.29, 0.717) is 28.7 Å². The van der Waals surface area contributed by atoms with Crippen LogP contribution in [0.4, 0.5) is 0 Å². The van der Waals surface area contributed by atoms with Crippen LogP contribution in [0.25, 0.3) is 0 Å². The van der Waals surface area contributed by atoms with Gasteiger partial charge in [0.05, 0.1) is 19.6 Å². The molecule has 0 radical (unpaired) electrons. The third kappa shape index (κ3) is 3.80. The minimum atomic E-state index is -0.651. The summed E-state index contributed by atoms with van der Waals surface area (Å²) in [5.41, 5.74) is 1.96. The van der Waals surface area contributed by atoms with Gasteiger partial charge < -0.3 is 33.2 Å². The second-order valence-electron chi connectivity index (χ2n) is 12.2. The summed E-state index contributed by atoms with van der Waals surface area (Å²) in [6.45, 7) is 3.64. The molecular formula is C32H35NO9. The van der Waals surface area contributed by atoms with Gasteiger partial charge in [0.15, 0.2) is 29.1 Å². The van der Waals surface area contributed by atoms with Gasteiger partial charge in [0.2, 0.25) is 18.3 Å². The number of methoxy groups -OCH3 is 1. The maximum atomic E-state index is 13.4. The van der Waals surface area contributed by atoms with Gasteiger partial charge in [0, 0.05) is 43.8 Å². The number of rotatable bonds is 4. The van der Waals surface area contributed by atoms with E-state index in [1.807, 2.05) is 24.3 Å². The Bertz CT molecular complexity index is 1450. The first-order chi connectivity index (χ1) is 20.5. The molecule has 3 fully saturated rings. The highest BCUT2D eigenvalue weighted by Gasteiger charge is 2.56. The number of esters is 2. The molecule has 42 heavy (non-hydrogen) atoms. The van der Waals surface area contributed by atoms with E-state index in [1.165, 1.54) is 6.92 Å². The van der Waals surface area contributed by atoms with Gasteiger partial charge in [0.1, 0.15) is 6.10 Å². The third-order valence-electron chi connectivity index (χ3n) is 9.98. The Morgan fingerprint density at radius 1 is 0.976 bits per heavy atom. The average Bonchev–Trinajstić information content (AvgIpc) is 3.76. The zero-order chi connectivity index (χ0) is 28.6. The lowest BCUT2D eigenvalue weighted by atomic mass is 9.66. The van der Waals surface area contributed by atoms with E-state index in [-0.39, 0.29) is 31.4 Å². The fraction of sp³-hybridized carbons (Fsp3) is 0.562. The Hall–Kier alpha value is -3.66. The lowest BCUT2D eigenvalue weighted by Gasteiger charge is -2.51.